The van der Waals surface area contributed by atoms with Gasteiger partial charge < -0.3 is 4.84 Å². The van der Waals surface area contributed by atoms with Crippen LogP contribution in [0.3, 0.4) is 0 Å². The molecule has 0 aromatic heterocycles. The van der Waals surface area contributed by atoms with Gasteiger partial charge in [0.2, 0.25) is 0 Å². The molecule has 104 valence electrons. The molecule has 0 heterocycles. The predicted octanol–water partition coefficient (Wildman–Crippen LogP) is 3.97. The molecule has 0 amide bonds. The summed E-state index contributed by atoms with van der Waals surface area (Å²) in [5.74, 6) is -0.620. The summed E-state index contributed by atoms with van der Waals surface area (Å²) in [6.45, 7) is 0.189. The van der Waals surface area contributed by atoms with Crippen LogP contribution in [0.5, 0.6) is 0 Å². The van der Waals surface area contributed by atoms with Crippen molar-refractivity contribution < 1.29 is 13.6 Å². The summed E-state index contributed by atoms with van der Waals surface area (Å²) in [7, 11) is 0. The van der Waals surface area contributed by atoms with Crippen molar-refractivity contribution in [2.75, 3.05) is 12.5 Å². The third-order valence-corrected chi connectivity index (χ3v) is 2.71. The molecule has 2 aromatic rings. The minimum atomic E-state index is -0.454. The lowest BCUT2D eigenvalue weighted by molar-refractivity contribution is 0.161. The highest BCUT2D eigenvalue weighted by Gasteiger charge is 2.13. The summed E-state index contributed by atoms with van der Waals surface area (Å²) >= 11 is 5.51. The first kappa shape index (κ1) is 14.5. The van der Waals surface area contributed by atoms with Crippen molar-refractivity contribution in [2.24, 2.45) is 5.16 Å². The van der Waals surface area contributed by atoms with E-state index in [4.69, 9.17) is 16.4 Å². The molecule has 0 aliphatic rings. The number of nitrogens with zero attached hydrogens (tertiary/aromatic N) is 1. The van der Waals surface area contributed by atoms with E-state index >= 15 is 0 Å². The standard InChI is InChI=1S/C15H12ClF2NO/c16-8-9-20-19-15(11-4-3-5-12(17)10-11)13-6-1-2-7-14(13)18/h1-7,10H,8-9H2/b19-15+. The lowest BCUT2D eigenvalue weighted by Gasteiger charge is -2.08. The molecule has 0 spiro atoms. The first-order valence-corrected chi connectivity index (χ1v) is 6.52. The normalized spacial score (nSPS) is 11.4. The Morgan fingerprint density at radius 3 is 2.60 bits per heavy atom. The molecule has 0 saturated carbocycles. The van der Waals surface area contributed by atoms with Crippen molar-refractivity contribution in [2.45, 2.75) is 0 Å². The maximum Gasteiger partial charge on any atom is 0.132 e. The SMILES string of the molecule is Fc1cccc(/C(=N\OCCCl)c2ccccc2F)c1. The predicted molar refractivity (Wildman–Crippen MR) is 75.1 cm³/mol. The number of alkyl halides is 1. The minimum absolute atomic E-state index is 0.189. The third-order valence-electron chi connectivity index (χ3n) is 2.55. The van der Waals surface area contributed by atoms with Gasteiger partial charge in [0.05, 0.1) is 5.88 Å². The molecule has 0 radical (unpaired) electrons. The number of halogens is 3. The second-order valence-corrected chi connectivity index (χ2v) is 4.33. The summed E-state index contributed by atoms with van der Waals surface area (Å²) in [6, 6.07) is 11.9. The molecule has 0 aliphatic heterocycles. The highest BCUT2D eigenvalue weighted by atomic mass is 35.5. The van der Waals surface area contributed by atoms with E-state index in [1.54, 1.807) is 24.3 Å². The van der Waals surface area contributed by atoms with Crippen LogP contribution in [0, 0.1) is 11.6 Å². The van der Waals surface area contributed by atoms with Gasteiger partial charge in [0.1, 0.15) is 24.0 Å². The van der Waals surface area contributed by atoms with Crippen molar-refractivity contribution >= 4 is 17.3 Å². The summed E-state index contributed by atoms with van der Waals surface area (Å²) in [6.07, 6.45) is 0. The molecule has 0 unspecified atom stereocenters. The number of oxime groups is 1. The average Bonchev–Trinajstić information content (AvgIpc) is 2.45. The maximum atomic E-state index is 13.9. The quantitative estimate of drug-likeness (QED) is 0.354. The molecule has 20 heavy (non-hydrogen) atoms. The number of hydrogen-bond donors (Lipinski definition) is 0. The lowest BCUT2D eigenvalue weighted by atomic mass is 10.0. The van der Waals surface area contributed by atoms with E-state index in [0.29, 0.717) is 5.56 Å². The average molecular weight is 296 g/mol. The highest BCUT2D eigenvalue weighted by molar-refractivity contribution is 6.18. The first-order valence-electron chi connectivity index (χ1n) is 5.99. The van der Waals surface area contributed by atoms with E-state index in [0.717, 1.165) is 0 Å². The molecule has 0 aliphatic carbocycles. The van der Waals surface area contributed by atoms with E-state index in [2.05, 4.69) is 5.16 Å². The van der Waals surface area contributed by atoms with Crippen LogP contribution in [-0.2, 0) is 4.84 Å². The van der Waals surface area contributed by atoms with Gasteiger partial charge in [-0.15, -0.1) is 11.6 Å². The maximum absolute atomic E-state index is 13.9. The lowest BCUT2D eigenvalue weighted by Crippen LogP contribution is -2.08. The number of rotatable bonds is 5. The largest absolute Gasteiger partial charge is 0.394 e. The van der Waals surface area contributed by atoms with Crippen LogP contribution in [0.1, 0.15) is 11.1 Å². The fraction of sp³-hybridized carbons (Fsp3) is 0.133. The van der Waals surface area contributed by atoms with Crippen LogP contribution < -0.4 is 0 Å². The molecule has 2 nitrogen and oxygen atoms in total. The summed E-state index contributed by atoms with van der Waals surface area (Å²) in [5, 5.41) is 3.88. The van der Waals surface area contributed by atoms with Crippen LogP contribution in [0.4, 0.5) is 8.78 Å². The Bertz CT molecular complexity index is 616. The van der Waals surface area contributed by atoms with E-state index in [-0.39, 0.29) is 23.8 Å². The zero-order valence-electron chi connectivity index (χ0n) is 10.5. The minimum Gasteiger partial charge on any atom is -0.394 e. The molecule has 0 bridgehead atoms. The van der Waals surface area contributed by atoms with E-state index < -0.39 is 11.6 Å². The molecule has 0 atom stereocenters. The van der Waals surface area contributed by atoms with Gasteiger partial charge in [-0.1, -0.05) is 29.4 Å². The molecular formula is C15H12ClF2NO. The van der Waals surface area contributed by atoms with Crippen LogP contribution >= 0.6 is 11.6 Å². The van der Waals surface area contributed by atoms with Gasteiger partial charge in [0.25, 0.3) is 0 Å². The molecule has 2 aromatic carbocycles. The van der Waals surface area contributed by atoms with Crippen molar-refractivity contribution in [3.8, 4) is 0 Å². The van der Waals surface area contributed by atoms with Gasteiger partial charge in [-0.05, 0) is 24.3 Å². The Morgan fingerprint density at radius 1 is 1.10 bits per heavy atom. The van der Waals surface area contributed by atoms with Crippen LogP contribution in [0.15, 0.2) is 53.7 Å². The summed E-state index contributed by atoms with van der Waals surface area (Å²) in [5.41, 5.74) is 0.907. The zero-order chi connectivity index (χ0) is 14.4. The Hall–Kier alpha value is -1.94. The van der Waals surface area contributed by atoms with Crippen LogP contribution in [0.25, 0.3) is 0 Å². The van der Waals surface area contributed by atoms with Gasteiger partial charge in [-0.25, -0.2) is 8.78 Å². The topological polar surface area (TPSA) is 21.6 Å². The van der Waals surface area contributed by atoms with Crippen molar-refractivity contribution in [3.05, 3.63) is 71.3 Å². The van der Waals surface area contributed by atoms with Crippen LogP contribution in [-0.4, -0.2) is 18.2 Å². The zero-order valence-corrected chi connectivity index (χ0v) is 11.3. The van der Waals surface area contributed by atoms with Crippen molar-refractivity contribution in [1.29, 1.82) is 0 Å². The van der Waals surface area contributed by atoms with Gasteiger partial charge in [-0.3, -0.25) is 0 Å². The molecule has 0 saturated heterocycles. The summed E-state index contributed by atoms with van der Waals surface area (Å²) < 4.78 is 27.2. The number of hydrogen-bond acceptors (Lipinski definition) is 2. The second kappa shape index (κ2) is 7.01. The molecule has 5 heteroatoms. The Kier molecular flexibility index (Phi) is 5.07. The smallest absolute Gasteiger partial charge is 0.132 e. The fourth-order valence-corrected chi connectivity index (χ4v) is 1.76. The first-order chi connectivity index (χ1) is 9.72. The van der Waals surface area contributed by atoms with Crippen molar-refractivity contribution in [3.63, 3.8) is 0 Å². The van der Waals surface area contributed by atoms with E-state index in [1.165, 1.54) is 24.3 Å². The monoisotopic (exact) mass is 295 g/mol. The molecular weight excluding hydrogens is 284 g/mol. The highest BCUT2D eigenvalue weighted by Crippen LogP contribution is 2.16. The number of benzene rings is 2. The van der Waals surface area contributed by atoms with Gasteiger partial charge >= 0.3 is 0 Å². The Morgan fingerprint density at radius 2 is 1.90 bits per heavy atom. The second-order valence-electron chi connectivity index (χ2n) is 3.95. The van der Waals surface area contributed by atoms with Crippen molar-refractivity contribution in [1.82, 2.24) is 0 Å². The molecule has 0 N–H and O–H groups in total. The molecule has 0 fully saturated rings. The van der Waals surface area contributed by atoms with Gasteiger partial charge in [-0.2, -0.15) is 0 Å². The van der Waals surface area contributed by atoms with E-state index in [9.17, 15) is 8.78 Å². The molecule has 2 rings (SSSR count). The fourth-order valence-electron chi connectivity index (χ4n) is 1.69. The van der Waals surface area contributed by atoms with Crippen LogP contribution in [0.2, 0.25) is 0 Å². The van der Waals surface area contributed by atoms with Gasteiger partial charge in [0, 0.05) is 11.1 Å². The Labute approximate surface area is 120 Å². The summed E-state index contributed by atoms with van der Waals surface area (Å²) in [4.78, 5) is 5.02. The van der Waals surface area contributed by atoms with Gasteiger partial charge in [0.15, 0.2) is 0 Å². The Balaban J connectivity index is 2.45. The van der Waals surface area contributed by atoms with E-state index in [1.807, 2.05) is 0 Å². The third kappa shape index (κ3) is 3.54.